The molecule has 1 atom stereocenters. The minimum Gasteiger partial charge on any atom is -0.494 e. The van der Waals surface area contributed by atoms with Crippen LogP contribution in [0.5, 0.6) is 5.75 Å². The van der Waals surface area contributed by atoms with Gasteiger partial charge in [-0.1, -0.05) is 49.4 Å². The van der Waals surface area contributed by atoms with Gasteiger partial charge in [0.1, 0.15) is 11.4 Å². The van der Waals surface area contributed by atoms with Gasteiger partial charge in [0.05, 0.1) is 18.7 Å². The van der Waals surface area contributed by atoms with E-state index >= 15 is 0 Å². The summed E-state index contributed by atoms with van der Waals surface area (Å²) in [5.41, 5.74) is 2.76. The summed E-state index contributed by atoms with van der Waals surface area (Å²) < 4.78 is 5.54. The average Bonchev–Trinajstić information content (AvgIpc) is 3.00. The summed E-state index contributed by atoms with van der Waals surface area (Å²) in [4.78, 5) is 30.4. The number of rotatable bonds is 6. The van der Waals surface area contributed by atoms with Crippen LogP contribution in [0, 0.1) is 5.92 Å². The minimum atomic E-state index is -0.221. The molecule has 0 aromatic heterocycles. The van der Waals surface area contributed by atoms with Crippen molar-refractivity contribution in [1.29, 1.82) is 0 Å². The second-order valence-corrected chi connectivity index (χ2v) is 8.06. The van der Waals surface area contributed by atoms with Crippen LogP contribution in [0.4, 0.5) is 0 Å². The molecule has 0 bridgehead atoms. The highest BCUT2D eigenvalue weighted by Gasteiger charge is 2.42. The Labute approximate surface area is 177 Å². The second-order valence-electron chi connectivity index (χ2n) is 8.06. The SMILES string of the molecule is CCOc1ccc(C2=C(N3CCCC(C)C3)C(=O)N(Cc3ccccc3)C2=O)cc1. The summed E-state index contributed by atoms with van der Waals surface area (Å²) in [6.07, 6.45) is 2.18. The van der Waals surface area contributed by atoms with Crippen molar-refractivity contribution in [3.8, 4) is 5.75 Å². The highest BCUT2D eigenvalue weighted by atomic mass is 16.5. The number of carbonyl (C=O) groups is 2. The van der Waals surface area contributed by atoms with Crippen molar-refractivity contribution in [2.75, 3.05) is 19.7 Å². The molecular formula is C25H28N2O3. The molecule has 1 saturated heterocycles. The van der Waals surface area contributed by atoms with Gasteiger partial charge in [0, 0.05) is 13.1 Å². The molecule has 2 amide bonds. The molecular weight excluding hydrogens is 376 g/mol. The Morgan fingerprint density at radius 1 is 1.00 bits per heavy atom. The molecule has 0 aliphatic carbocycles. The van der Waals surface area contributed by atoms with Crippen LogP contribution in [-0.2, 0) is 16.1 Å². The molecule has 2 aliphatic rings. The van der Waals surface area contributed by atoms with Gasteiger partial charge in [-0.25, -0.2) is 0 Å². The quantitative estimate of drug-likeness (QED) is 0.681. The zero-order chi connectivity index (χ0) is 21.1. The van der Waals surface area contributed by atoms with Crippen LogP contribution in [0.25, 0.3) is 5.57 Å². The lowest BCUT2D eigenvalue weighted by atomic mass is 9.97. The zero-order valence-corrected chi connectivity index (χ0v) is 17.6. The summed E-state index contributed by atoms with van der Waals surface area (Å²) in [5, 5.41) is 0. The molecule has 2 aromatic rings. The van der Waals surface area contributed by atoms with Crippen LogP contribution in [-0.4, -0.2) is 41.3 Å². The summed E-state index contributed by atoms with van der Waals surface area (Å²) in [7, 11) is 0. The fourth-order valence-corrected chi connectivity index (χ4v) is 4.30. The van der Waals surface area contributed by atoms with Crippen molar-refractivity contribution in [2.24, 2.45) is 5.92 Å². The van der Waals surface area contributed by atoms with E-state index in [9.17, 15) is 9.59 Å². The normalized spacial score (nSPS) is 19.6. The van der Waals surface area contributed by atoms with E-state index in [-0.39, 0.29) is 18.4 Å². The van der Waals surface area contributed by atoms with Gasteiger partial charge in [-0.3, -0.25) is 14.5 Å². The number of imide groups is 1. The van der Waals surface area contributed by atoms with Crippen LogP contribution in [0.3, 0.4) is 0 Å². The number of piperidine rings is 1. The fraction of sp³-hybridized carbons (Fsp3) is 0.360. The van der Waals surface area contributed by atoms with Crippen molar-refractivity contribution in [3.05, 3.63) is 71.4 Å². The fourth-order valence-electron chi connectivity index (χ4n) is 4.30. The third kappa shape index (κ3) is 3.97. The molecule has 2 aromatic carbocycles. The predicted octanol–water partition coefficient (Wildman–Crippen LogP) is 4.10. The highest BCUT2D eigenvalue weighted by molar-refractivity contribution is 6.35. The minimum absolute atomic E-state index is 0.193. The highest BCUT2D eigenvalue weighted by Crippen LogP contribution is 2.35. The van der Waals surface area contributed by atoms with Gasteiger partial charge in [-0.05, 0) is 48.9 Å². The maximum atomic E-state index is 13.5. The Morgan fingerprint density at radius 2 is 1.73 bits per heavy atom. The number of hydrogen-bond acceptors (Lipinski definition) is 4. The van der Waals surface area contributed by atoms with Gasteiger partial charge in [-0.15, -0.1) is 0 Å². The lowest BCUT2D eigenvalue weighted by molar-refractivity contribution is -0.138. The Balaban J connectivity index is 1.72. The second kappa shape index (κ2) is 8.74. The molecule has 0 spiro atoms. The maximum Gasteiger partial charge on any atom is 0.278 e. The van der Waals surface area contributed by atoms with E-state index in [1.54, 1.807) is 0 Å². The summed E-state index contributed by atoms with van der Waals surface area (Å²) in [5.74, 6) is 0.842. The average molecular weight is 405 g/mol. The van der Waals surface area contributed by atoms with Crippen LogP contribution in [0.1, 0.15) is 37.8 Å². The van der Waals surface area contributed by atoms with Crippen molar-refractivity contribution < 1.29 is 14.3 Å². The van der Waals surface area contributed by atoms with E-state index in [0.717, 1.165) is 42.8 Å². The zero-order valence-electron chi connectivity index (χ0n) is 17.6. The van der Waals surface area contributed by atoms with E-state index in [4.69, 9.17) is 4.74 Å². The number of ether oxygens (including phenoxy) is 1. The number of likely N-dealkylation sites (tertiary alicyclic amines) is 1. The molecule has 0 radical (unpaired) electrons. The molecule has 0 saturated carbocycles. The predicted molar refractivity (Wildman–Crippen MR) is 117 cm³/mol. The van der Waals surface area contributed by atoms with E-state index < -0.39 is 0 Å². The lowest BCUT2D eigenvalue weighted by Gasteiger charge is -2.33. The van der Waals surface area contributed by atoms with Crippen LogP contribution in [0.15, 0.2) is 60.3 Å². The van der Waals surface area contributed by atoms with Gasteiger partial charge in [0.25, 0.3) is 11.8 Å². The molecule has 2 aliphatic heterocycles. The van der Waals surface area contributed by atoms with E-state index in [1.807, 2.05) is 61.5 Å². The van der Waals surface area contributed by atoms with Crippen LogP contribution in [0.2, 0.25) is 0 Å². The van der Waals surface area contributed by atoms with Gasteiger partial charge in [0.15, 0.2) is 0 Å². The summed E-state index contributed by atoms with van der Waals surface area (Å²) in [6, 6.07) is 17.1. The number of carbonyl (C=O) groups excluding carboxylic acids is 2. The van der Waals surface area contributed by atoms with Crippen LogP contribution >= 0.6 is 0 Å². The first kappa shape index (κ1) is 20.2. The number of hydrogen-bond donors (Lipinski definition) is 0. The summed E-state index contributed by atoms with van der Waals surface area (Å²) in [6.45, 7) is 6.61. The first-order valence-electron chi connectivity index (χ1n) is 10.7. The number of amides is 2. The van der Waals surface area contributed by atoms with Gasteiger partial charge in [-0.2, -0.15) is 0 Å². The molecule has 5 heteroatoms. The standard InChI is InChI=1S/C25H28N2O3/c1-3-30-21-13-11-20(12-14-21)22-23(26-15-7-8-18(2)16-26)25(29)27(24(22)28)17-19-9-5-4-6-10-19/h4-6,9-14,18H,3,7-8,15-17H2,1-2H3. The van der Waals surface area contributed by atoms with Gasteiger partial charge < -0.3 is 9.64 Å². The first-order chi connectivity index (χ1) is 14.6. The molecule has 2 heterocycles. The molecule has 5 nitrogen and oxygen atoms in total. The topological polar surface area (TPSA) is 49.9 Å². The van der Waals surface area contributed by atoms with Crippen molar-refractivity contribution >= 4 is 17.4 Å². The largest absolute Gasteiger partial charge is 0.494 e. The van der Waals surface area contributed by atoms with Crippen molar-refractivity contribution in [3.63, 3.8) is 0 Å². The Morgan fingerprint density at radius 3 is 2.40 bits per heavy atom. The van der Waals surface area contributed by atoms with E-state index in [2.05, 4.69) is 11.8 Å². The van der Waals surface area contributed by atoms with Crippen molar-refractivity contribution in [1.82, 2.24) is 9.80 Å². The third-order valence-electron chi connectivity index (χ3n) is 5.75. The Hall–Kier alpha value is -3.08. The van der Waals surface area contributed by atoms with Gasteiger partial charge in [0.2, 0.25) is 0 Å². The van der Waals surface area contributed by atoms with E-state index in [0.29, 0.717) is 23.8 Å². The molecule has 30 heavy (non-hydrogen) atoms. The molecule has 156 valence electrons. The molecule has 1 unspecified atom stereocenters. The first-order valence-corrected chi connectivity index (χ1v) is 10.7. The maximum absolute atomic E-state index is 13.5. The molecule has 0 N–H and O–H groups in total. The van der Waals surface area contributed by atoms with Gasteiger partial charge >= 0.3 is 0 Å². The van der Waals surface area contributed by atoms with Crippen molar-refractivity contribution in [2.45, 2.75) is 33.2 Å². The van der Waals surface area contributed by atoms with Crippen LogP contribution < -0.4 is 4.74 Å². The smallest absolute Gasteiger partial charge is 0.278 e. The third-order valence-corrected chi connectivity index (χ3v) is 5.75. The number of benzene rings is 2. The molecule has 4 rings (SSSR count). The number of nitrogens with zero attached hydrogens (tertiary/aromatic N) is 2. The Kier molecular flexibility index (Phi) is 5.88. The molecule has 1 fully saturated rings. The van der Waals surface area contributed by atoms with E-state index in [1.165, 1.54) is 4.90 Å². The Bertz CT molecular complexity index is 950. The summed E-state index contributed by atoms with van der Waals surface area (Å²) >= 11 is 0. The monoisotopic (exact) mass is 404 g/mol. The lowest BCUT2D eigenvalue weighted by Crippen LogP contribution is -2.39.